The van der Waals surface area contributed by atoms with Crippen LogP contribution >= 0.6 is 0 Å². The number of hydrogen-bond acceptors (Lipinski definition) is 2. The topological polar surface area (TPSA) is 40.5 Å². The average Bonchev–Trinajstić information content (AvgIpc) is 3.32. The number of aromatic hydroxyl groups is 2. The summed E-state index contributed by atoms with van der Waals surface area (Å²) >= 11 is 0. The minimum Gasteiger partial charge on any atom is -0.507 e. The Morgan fingerprint density at radius 1 is 1.21 bits per heavy atom. The first kappa shape index (κ1) is 13.8. The highest BCUT2D eigenvalue weighted by atomic mass is 16.3. The molecule has 0 radical (unpaired) electrons. The molecular weight excluding hydrogens is 296 g/mol. The molecule has 0 heterocycles. The lowest BCUT2D eigenvalue weighted by atomic mass is 9.69. The monoisotopic (exact) mass is 331 g/mol. The molecule has 0 amide bonds. The normalized spacial score (nSPS) is 27.8. The summed E-state index contributed by atoms with van der Waals surface area (Å²) in [4.78, 5) is 0. The lowest BCUT2D eigenvalue weighted by molar-refractivity contribution is 0.267. The summed E-state index contributed by atoms with van der Waals surface area (Å²) in [6.45, 7) is 2.28. The van der Waals surface area contributed by atoms with Crippen molar-refractivity contribution in [3.63, 3.8) is 0 Å². The van der Waals surface area contributed by atoms with Gasteiger partial charge < -0.3 is 10.2 Å². The smallest absolute Gasteiger partial charge is 0.123 e. The summed E-state index contributed by atoms with van der Waals surface area (Å²) in [5.41, 5.74) is 2.08. The van der Waals surface area contributed by atoms with Crippen molar-refractivity contribution in [2.45, 2.75) is 78.0 Å². The molecule has 2 N–H and O–H groups in total. The van der Waals surface area contributed by atoms with E-state index in [1.165, 1.54) is 0 Å². The van der Waals surface area contributed by atoms with Crippen LogP contribution in [0.4, 0.5) is 0 Å². The maximum Gasteiger partial charge on any atom is 0.123 e. The van der Waals surface area contributed by atoms with Crippen LogP contribution in [0.1, 0.15) is 86.8 Å². The van der Waals surface area contributed by atoms with Crippen LogP contribution in [0.5, 0.6) is 11.5 Å². The molecule has 1 saturated carbocycles. The second kappa shape index (κ2) is 6.82. The second-order valence-corrected chi connectivity index (χ2v) is 8.02. The molecule has 0 saturated heterocycles. The molecule has 2 aliphatic carbocycles. The first-order valence-electron chi connectivity index (χ1n) is 10.9. The highest BCUT2D eigenvalue weighted by Gasteiger charge is 2.49. The first-order chi connectivity index (χ1) is 12.7. The molecule has 2 aliphatic rings. The Morgan fingerprint density at radius 2 is 1.92 bits per heavy atom. The quantitative estimate of drug-likeness (QED) is 0.490. The molecule has 1 fully saturated rings. The molecule has 0 aromatic heterocycles. The number of hydrogen-bond donors (Lipinski definition) is 2. The van der Waals surface area contributed by atoms with Gasteiger partial charge in [0.15, 0.2) is 0 Å². The van der Waals surface area contributed by atoms with E-state index in [0.717, 1.165) is 50.5 Å². The fourth-order valence-corrected chi connectivity index (χ4v) is 4.29. The van der Waals surface area contributed by atoms with Crippen molar-refractivity contribution in [1.29, 1.82) is 0 Å². The summed E-state index contributed by atoms with van der Waals surface area (Å²) in [5, 5.41) is 21.5. The number of rotatable bonds is 6. The number of unbranched alkanes of at least 4 members (excludes halogenated alkanes) is 2. The lowest BCUT2D eigenvalue weighted by Crippen LogP contribution is -2.23. The fraction of sp³-hybridized carbons (Fsp3) is 0.636. The van der Waals surface area contributed by atoms with Crippen molar-refractivity contribution >= 4 is 0 Å². The van der Waals surface area contributed by atoms with E-state index >= 15 is 0 Å². The van der Waals surface area contributed by atoms with Gasteiger partial charge in [-0.3, -0.25) is 0 Å². The van der Waals surface area contributed by atoms with E-state index in [-0.39, 0.29) is 28.7 Å². The number of phenols is 2. The number of allylic oxidation sites excluding steroid dienone is 2. The van der Waals surface area contributed by atoms with E-state index in [1.54, 1.807) is 12.1 Å². The molecule has 0 bridgehead atoms. The largest absolute Gasteiger partial charge is 0.507 e. The summed E-state index contributed by atoms with van der Waals surface area (Å²) in [6, 6.07) is 3.52. The van der Waals surface area contributed by atoms with Crippen molar-refractivity contribution in [3.05, 3.63) is 34.9 Å². The maximum absolute atomic E-state index is 10.7. The van der Waals surface area contributed by atoms with Crippen molar-refractivity contribution in [2.75, 3.05) is 0 Å². The van der Waals surface area contributed by atoms with E-state index < -0.39 is 6.85 Å². The van der Waals surface area contributed by atoms with E-state index in [2.05, 4.69) is 13.8 Å². The molecule has 3 rings (SSSR count). The van der Waals surface area contributed by atoms with Gasteiger partial charge in [0.05, 0.1) is 0 Å². The van der Waals surface area contributed by atoms with Crippen LogP contribution in [-0.2, 0) is 6.42 Å². The molecule has 24 heavy (non-hydrogen) atoms. The van der Waals surface area contributed by atoms with Crippen LogP contribution in [0.2, 0.25) is 0 Å². The van der Waals surface area contributed by atoms with Gasteiger partial charge in [-0.05, 0) is 74.4 Å². The molecule has 1 aromatic rings. The Bertz CT molecular complexity index is 694. The first-order valence-corrected chi connectivity index (χ1v) is 9.41. The summed E-state index contributed by atoms with van der Waals surface area (Å²) in [5.74, 6) is 0.213. The molecule has 0 aliphatic heterocycles. The molecule has 2 heteroatoms. The van der Waals surface area contributed by atoms with Crippen LogP contribution < -0.4 is 0 Å². The van der Waals surface area contributed by atoms with Gasteiger partial charge >= 0.3 is 0 Å². The van der Waals surface area contributed by atoms with Gasteiger partial charge in [-0.2, -0.15) is 0 Å². The van der Waals surface area contributed by atoms with Crippen LogP contribution in [0.15, 0.2) is 23.8 Å². The third-order valence-electron chi connectivity index (χ3n) is 6.07. The zero-order chi connectivity index (χ0) is 19.8. The Hall–Kier alpha value is -1.44. The van der Waals surface area contributed by atoms with Gasteiger partial charge in [0, 0.05) is 15.6 Å². The van der Waals surface area contributed by atoms with Gasteiger partial charge in [-0.1, -0.05) is 38.3 Å². The molecule has 0 spiro atoms. The Labute approximate surface area is 150 Å². The van der Waals surface area contributed by atoms with Crippen molar-refractivity contribution < 1.29 is 14.3 Å². The van der Waals surface area contributed by atoms with Crippen molar-refractivity contribution in [1.82, 2.24) is 0 Å². The molecular formula is C22H32O2. The molecule has 132 valence electrons. The van der Waals surface area contributed by atoms with Crippen LogP contribution in [0.25, 0.3) is 0 Å². The summed E-state index contributed by atoms with van der Waals surface area (Å²) < 4.78 is 23.4. The van der Waals surface area contributed by atoms with E-state index in [4.69, 9.17) is 4.11 Å². The Kier molecular flexibility index (Phi) is 3.92. The van der Waals surface area contributed by atoms with Gasteiger partial charge in [0.1, 0.15) is 11.5 Å². The van der Waals surface area contributed by atoms with E-state index in [0.29, 0.717) is 17.6 Å². The SMILES string of the molecule is [2H]C([2H])([2H])C1=CC(c2c(O)cc(CCCCC)cc2O)C(C2(C)CC2)CC1. The van der Waals surface area contributed by atoms with Crippen LogP contribution in [0, 0.1) is 11.3 Å². The summed E-state index contributed by atoms with van der Waals surface area (Å²) in [7, 11) is 0. The average molecular weight is 332 g/mol. The maximum atomic E-state index is 10.7. The molecule has 2 atom stereocenters. The predicted octanol–water partition coefficient (Wildman–Crippen LogP) is 6.07. The number of benzene rings is 1. The fourth-order valence-electron chi connectivity index (χ4n) is 4.29. The molecule has 2 unspecified atom stereocenters. The minimum absolute atomic E-state index is 0.101. The molecule has 2 nitrogen and oxygen atoms in total. The lowest BCUT2D eigenvalue weighted by Gasteiger charge is -2.35. The number of aryl methyl sites for hydroxylation is 1. The van der Waals surface area contributed by atoms with E-state index in [1.807, 2.05) is 6.08 Å². The zero-order valence-electron chi connectivity index (χ0n) is 17.9. The summed E-state index contributed by atoms with van der Waals surface area (Å²) in [6.07, 6.45) is 9.55. The standard InChI is InChI=1S/C22H32O2/c1-4-5-6-7-16-13-19(23)21(20(24)14-16)17-12-15(2)8-9-18(17)22(3)10-11-22/h12-14,17-18,23-24H,4-11H2,1-3H3/i2D3. The minimum atomic E-state index is -2.11. The number of phenolic OH excluding ortho intramolecular Hbond substituents is 2. The highest BCUT2D eigenvalue weighted by Crippen LogP contribution is 2.60. The van der Waals surface area contributed by atoms with Crippen molar-refractivity contribution in [2.24, 2.45) is 11.3 Å². The van der Waals surface area contributed by atoms with Gasteiger partial charge in [0.25, 0.3) is 0 Å². The second-order valence-electron chi connectivity index (χ2n) is 8.02. The van der Waals surface area contributed by atoms with E-state index in [9.17, 15) is 10.2 Å². The zero-order valence-corrected chi connectivity index (χ0v) is 14.9. The van der Waals surface area contributed by atoms with Crippen LogP contribution in [-0.4, -0.2) is 10.2 Å². The van der Waals surface area contributed by atoms with Crippen LogP contribution in [0.3, 0.4) is 0 Å². The molecule has 1 aromatic carbocycles. The highest BCUT2D eigenvalue weighted by molar-refractivity contribution is 5.51. The Morgan fingerprint density at radius 3 is 2.50 bits per heavy atom. The predicted molar refractivity (Wildman–Crippen MR) is 99.6 cm³/mol. The van der Waals surface area contributed by atoms with Gasteiger partial charge in [0.2, 0.25) is 0 Å². The third kappa shape index (κ3) is 3.48. The van der Waals surface area contributed by atoms with Gasteiger partial charge in [-0.15, -0.1) is 0 Å². The van der Waals surface area contributed by atoms with Crippen molar-refractivity contribution in [3.8, 4) is 11.5 Å². The van der Waals surface area contributed by atoms with Gasteiger partial charge in [-0.25, -0.2) is 0 Å². The Balaban J connectivity index is 1.97. The third-order valence-corrected chi connectivity index (χ3v) is 6.07.